The van der Waals surface area contributed by atoms with Gasteiger partial charge < -0.3 is 14.7 Å². The van der Waals surface area contributed by atoms with Gasteiger partial charge in [-0.2, -0.15) is 0 Å². The van der Waals surface area contributed by atoms with Crippen molar-refractivity contribution in [1.29, 1.82) is 0 Å². The molecule has 0 radical (unpaired) electrons. The molecule has 0 aliphatic heterocycles. The van der Waals surface area contributed by atoms with E-state index in [0.717, 1.165) is 35.3 Å². The number of rotatable bonds is 6. The number of nitrogens with zero attached hydrogens (tertiary/aromatic N) is 1. The highest BCUT2D eigenvalue weighted by Crippen LogP contribution is 2.36. The summed E-state index contributed by atoms with van der Waals surface area (Å²) in [6.45, 7) is 10.2. The summed E-state index contributed by atoms with van der Waals surface area (Å²) in [5.74, 6) is -0.287. The molecule has 0 fully saturated rings. The molecule has 0 bridgehead atoms. The lowest BCUT2D eigenvalue weighted by molar-refractivity contribution is -0.136. The summed E-state index contributed by atoms with van der Waals surface area (Å²) in [5.41, 5.74) is 3.42. The lowest BCUT2D eigenvalue weighted by Gasteiger charge is -2.34. The van der Waals surface area contributed by atoms with Crippen LogP contribution in [0.25, 0.3) is 0 Å². The maximum Gasteiger partial charge on any atom is 0.415 e. The van der Waals surface area contributed by atoms with Crippen molar-refractivity contribution in [1.82, 2.24) is 4.90 Å². The standard InChI is InChI=1S/C24H28ClNO4S.C2H6/c1-4-26(24(29)30-20-7-5-6-15(2)8-11-20)19-10-9-17-14-22(31-16(3)23(27)28)21(25)13-18(17)12-19;1-2/h6-8,11,13-14,16,19H,4-5,9-10,12H2,1-3H3,(H,27,28);1-2H3. The van der Waals surface area contributed by atoms with Gasteiger partial charge in [0, 0.05) is 17.5 Å². The predicted molar refractivity (Wildman–Crippen MR) is 136 cm³/mol. The van der Waals surface area contributed by atoms with E-state index in [9.17, 15) is 9.59 Å². The molecule has 33 heavy (non-hydrogen) atoms. The van der Waals surface area contributed by atoms with Crippen LogP contribution in [0, 0.1) is 0 Å². The number of carbonyl (C=O) groups excluding carboxylic acids is 1. The molecule has 2 unspecified atom stereocenters. The molecule has 0 saturated carbocycles. The Morgan fingerprint density at radius 2 is 1.97 bits per heavy atom. The van der Waals surface area contributed by atoms with Crippen molar-refractivity contribution in [2.24, 2.45) is 0 Å². The first-order valence-electron chi connectivity index (χ1n) is 11.5. The number of thioether (sulfide) groups is 1. The minimum atomic E-state index is -0.861. The Labute approximate surface area is 206 Å². The smallest absolute Gasteiger partial charge is 0.415 e. The Morgan fingerprint density at radius 1 is 1.24 bits per heavy atom. The van der Waals surface area contributed by atoms with E-state index in [0.29, 0.717) is 23.7 Å². The first kappa shape index (κ1) is 27.1. The maximum atomic E-state index is 12.9. The van der Waals surface area contributed by atoms with Gasteiger partial charge in [-0.15, -0.1) is 11.8 Å². The number of aryl methyl sites for hydroxylation is 1. The fourth-order valence-corrected chi connectivity index (χ4v) is 5.00. The molecule has 2 atom stereocenters. The second-order valence-electron chi connectivity index (χ2n) is 7.82. The van der Waals surface area contributed by atoms with Gasteiger partial charge in [-0.25, -0.2) is 4.79 Å². The molecule has 0 heterocycles. The molecule has 5 nitrogen and oxygen atoms in total. The largest absolute Gasteiger partial charge is 0.480 e. The molecule has 1 amide bonds. The number of hydrogen-bond donors (Lipinski definition) is 1. The number of fused-ring (bicyclic) bond motifs is 1. The maximum absolute atomic E-state index is 12.9. The molecule has 2 aliphatic rings. The van der Waals surface area contributed by atoms with E-state index < -0.39 is 11.2 Å². The number of carboxylic acid groups (broad SMARTS) is 1. The Hall–Kier alpha value is -2.18. The summed E-state index contributed by atoms with van der Waals surface area (Å²) >= 11 is 7.71. The monoisotopic (exact) mass is 491 g/mol. The summed E-state index contributed by atoms with van der Waals surface area (Å²) < 4.78 is 5.67. The van der Waals surface area contributed by atoms with Gasteiger partial charge in [0.1, 0.15) is 11.0 Å². The highest BCUT2D eigenvalue weighted by molar-refractivity contribution is 8.00. The molecular formula is C26H34ClNO4S. The van der Waals surface area contributed by atoms with Gasteiger partial charge in [0.05, 0.1) is 5.02 Å². The fraction of sp³-hybridized carbons (Fsp3) is 0.462. The Kier molecular flexibility index (Phi) is 10.6. The highest BCUT2D eigenvalue weighted by atomic mass is 35.5. The summed E-state index contributed by atoms with van der Waals surface area (Å²) in [6.07, 6.45) is 10.5. The van der Waals surface area contributed by atoms with Crippen molar-refractivity contribution in [2.75, 3.05) is 6.54 Å². The average Bonchev–Trinajstić information content (AvgIpc) is 3.00. The highest BCUT2D eigenvalue weighted by Gasteiger charge is 2.29. The van der Waals surface area contributed by atoms with Crippen LogP contribution in [0.1, 0.15) is 58.6 Å². The van der Waals surface area contributed by atoms with E-state index in [1.54, 1.807) is 11.8 Å². The van der Waals surface area contributed by atoms with E-state index >= 15 is 0 Å². The SMILES string of the molecule is CC.CCN(C(=O)OC1=CCC=C(C)C=C1)C1CCc2cc(SC(C)C(=O)O)c(Cl)cc2C1. The molecule has 2 aliphatic carbocycles. The summed E-state index contributed by atoms with van der Waals surface area (Å²) in [7, 11) is 0. The third-order valence-corrected chi connectivity index (χ3v) is 7.17. The van der Waals surface area contributed by atoms with Gasteiger partial charge in [0.2, 0.25) is 0 Å². The fourth-order valence-electron chi connectivity index (χ4n) is 3.82. The van der Waals surface area contributed by atoms with Crippen molar-refractivity contribution in [3.63, 3.8) is 0 Å². The van der Waals surface area contributed by atoms with Gasteiger partial charge in [-0.05, 0) is 81.9 Å². The van der Waals surface area contributed by atoms with E-state index in [2.05, 4.69) is 6.08 Å². The number of benzene rings is 1. The number of halogens is 1. The second kappa shape index (κ2) is 12.9. The quantitative estimate of drug-likeness (QED) is 0.432. The van der Waals surface area contributed by atoms with Crippen LogP contribution in [-0.4, -0.2) is 39.9 Å². The van der Waals surface area contributed by atoms with Gasteiger partial charge in [0.25, 0.3) is 0 Å². The summed E-state index contributed by atoms with van der Waals surface area (Å²) in [5, 5.41) is 9.16. The number of allylic oxidation sites excluding steroid dienone is 5. The molecular weight excluding hydrogens is 458 g/mol. The third-order valence-electron chi connectivity index (χ3n) is 5.60. The number of likely N-dealkylation sites (N-methyl/N-ethyl adjacent to an activating group) is 1. The molecule has 7 heteroatoms. The van der Waals surface area contributed by atoms with Crippen LogP contribution in [0.4, 0.5) is 4.79 Å². The number of carbonyl (C=O) groups is 2. The zero-order chi connectivity index (χ0) is 24.5. The van der Waals surface area contributed by atoms with E-state index in [1.165, 1.54) is 17.3 Å². The molecule has 3 rings (SSSR count). The zero-order valence-electron chi connectivity index (χ0n) is 20.1. The van der Waals surface area contributed by atoms with Gasteiger partial charge in [0.15, 0.2) is 0 Å². The predicted octanol–water partition coefficient (Wildman–Crippen LogP) is 7.04. The van der Waals surface area contributed by atoms with Crippen LogP contribution in [0.2, 0.25) is 5.02 Å². The van der Waals surface area contributed by atoms with Crippen LogP contribution >= 0.6 is 23.4 Å². The molecule has 180 valence electrons. The topological polar surface area (TPSA) is 66.8 Å². The minimum Gasteiger partial charge on any atom is -0.480 e. The average molecular weight is 492 g/mol. The van der Waals surface area contributed by atoms with Crippen molar-refractivity contribution < 1.29 is 19.4 Å². The Bertz CT molecular complexity index is 954. The van der Waals surface area contributed by atoms with Crippen molar-refractivity contribution in [2.45, 2.75) is 76.5 Å². The number of amides is 1. The van der Waals surface area contributed by atoms with Crippen LogP contribution in [0.5, 0.6) is 0 Å². The first-order chi connectivity index (χ1) is 15.8. The molecule has 0 aromatic heterocycles. The van der Waals surface area contributed by atoms with Crippen LogP contribution in [0.15, 0.2) is 52.7 Å². The number of hydrogen-bond acceptors (Lipinski definition) is 4. The van der Waals surface area contributed by atoms with Crippen LogP contribution in [-0.2, 0) is 22.4 Å². The van der Waals surface area contributed by atoms with Gasteiger partial charge >= 0.3 is 12.1 Å². The summed E-state index contributed by atoms with van der Waals surface area (Å²) in [4.78, 5) is 26.6. The van der Waals surface area contributed by atoms with E-state index in [-0.39, 0.29) is 12.1 Å². The van der Waals surface area contributed by atoms with Crippen molar-refractivity contribution >= 4 is 35.4 Å². The number of carboxylic acids is 1. The summed E-state index contributed by atoms with van der Waals surface area (Å²) in [6, 6.07) is 3.96. The molecule has 1 aromatic carbocycles. The number of ether oxygens (including phenoxy) is 1. The Morgan fingerprint density at radius 3 is 2.64 bits per heavy atom. The van der Waals surface area contributed by atoms with Gasteiger partial charge in [-0.1, -0.05) is 43.2 Å². The normalized spacial score (nSPS) is 17.9. The lowest BCUT2D eigenvalue weighted by Crippen LogP contribution is -2.43. The number of aliphatic carboxylic acids is 1. The molecule has 0 saturated heterocycles. The lowest BCUT2D eigenvalue weighted by atomic mass is 9.87. The third kappa shape index (κ3) is 7.41. The van der Waals surface area contributed by atoms with Gasteiger partial charge in [-0.3, -0.25) is 4.79 Å². The van der Waals surface area contributed by atoms with Crippen molar-refractivity contribution in [3.05, 3.63) is 63.9 Å². The first-order valence-corrected chi connectivity index (χ1v) is 12.8. The van der Waals surface area contributed by atoms with Crippen molar-refractivity contribution in [3.8, 4) is 0 Å². The van der Waals surface area contributed by atoms with E-state index in [4.69, 9.17) is 21.4 Å². The van der Waals surface area contributed by atoms with Crippen LogP contribution in [0.3, 0.4) is 0 Å². The second-order valence-corrected chi connectivity index (χ2v) is 9.61. The molecule has 1 aromatic rings. The minimum absolute atomic E-state index is 0.0349. The zero-order valence-corrected chi connectivity index (χ0v) is 21.6. The molecule has 0 spiro atoms. The molecule has 1 N–H and O–H groups in total. The Balaban J connectivity index is 0.00000187. The van der Waals surface area contributed by atoms with E-state index in [1.807, 2.05) is 58.1 Å². The van der Waals surface area contributed by atoms with Crippen LogP contribution < -0.4 is 0 Å².